The third-order valence-corrected chi connectivity index (χ3v) is 3.93. The van der Waals surface area contributed by atoms with Gasteiger partial charge in [0.2, 0.25) is 0 Å². The fourth-order valence-electron chi connectivity index (χ4n) is 2.59. The Hall–Kier alpha value is -1.45. The lowest BCUT2D eigenvalue weighted by atomic mass is 10.0. The SMILES string of the molecule is CC(NCc1ccc2ccccc2n1)C1CCOC1. The number of ether oxygens (including phenoxy) is 1. The number of aromatic nitrogens is 1. The molecule has 3 rings (SSSR count). The van der Waals surface area contributed by atoms with Gasteiger partial charge in [-0.05, 0) is 31.4 Å². The predicted molar refractivity (Wildman–Crippen MR) is 77.0 cm³/mol. The lowest BCUT2D eigenvalue weighted by Crippen LogP contribution is -2.33. The van der Waals surface area contributed by atoms with Crippen molar-refractivity contribution in [3.05, 3.63) is 42.1 Å². The molecular formula is C16H20N2O. The van der Waals surface area contributed by atoms with Gasteiger partial charge in [0.05, 0.1) is 17.8 Å². The Morgan fingerprint density at radius 1 is 1.32 bits per heavy atom. The van der Waals surface area contributed by atoms with E-state index in [0.717, 1.165) is 31.0 Å². The number of rotatable bonds is 4. The molecule has 0 saturated carbocycles. The molecule has 1 N–H and O–H groups in total. The minimum Gasteiger partial charge on any atom is -0.381 e. The monoisotopic (exact) mass is 256 g/mol. The van der Waals surface area contributed by atoms with E-state index in [4.69, 9.17) is 4.74 Å². The number of benzene rings is 1. The van der Waals surface area contributed by atoms with Gasteiger partial charge in [-0.15, -0.1) is 0 Å². The van der Waals surface area contributed by atoms with E-state index in [9.17, 15) is 0 Å². The van der Waals surface area contributed by atoms with Crippen LogP contribution in [0.15, 0.2) is 36.4 Å². The zero-order valence-corrected chi connectivity index (χ0v) is 11.3. The second-order valence-electron chi connectivity index (χ2n) is 5.29. The second kappa shape index (κ2) is 5.68. The highest BCUT2D eigenvalue weighted by Gasteiger charge is 2.21. The molecule has 2 aromatic rings. The average Bonchev–Trinajstić information content (AvgIpc) is 2.99. The second-order valence-corrected chi connectivity index (χ2v) is 5.29. The maximum absolute atomic E-state index is 5.43. The summed E-state index contributed by atoms with van der Waals surface area (Å²) in [4.78, 5) is 4.68. The van der Waals surface area contributed by atoms with Crippen LogP contribution in [0.2, 0.25) is 0 Å². The van der Waals surface area contributed by atoms with Crippen molar-refractivity contribution >= 4 is 10.9 Å². The lowest BCUT2D eigenvalue weighted by molar-refractivity contribution is 0.178. The van der Waals surface area contributed by atoms with Gasteiger partial charge in [-0.1, -0.05) is 24.3 Å². The van der Waals surface area contributed by atoms with Gasteiger partial charge in [0, 0.05) is 24.6 Å². The fraction of sp³-hybridized carbons (Fsp3) is 0.438. The molecule has 0 spiro atoms. The van der Waals surface area contributed by atoms with Gasteiger partial charge in [0.25, 0.3) is 0 Å². The lowest BCUT2D eigenvalue weighted by Gasteiger charge is -2.19. The van der Waals surface area contributed by atoms with Gasteiger partial charge in [-0.2, -0.15) is 0 Å². The van der Waals surface area contributed by atoms with Crippen LogP contribution in [0.1, 0.15) is 19.0 Å². The first-order valence-corrected chi connectivity index (χ1v) is 6.99. The highest BCUT2D eigenvalue weighted by Crippen LogP contribution is 2.17. The van der Waals surface area contributed by atoms with Gasteiger partial charge < -0.3 is 10.1 Å². The van der Waals surface area contributed by atoms with Crippen LogP contribution in [0.3, 0.4) is 0 Å². The van der Waals surface area contributed by atoms with Crippen LogP contribution in [-0.4, -0.2) is 24.2 Å². The third kappa shape index (κ3) is 2.94. The molecule has 2 heterocycles. The first kappa shape index (κ1) is 12.6. The normalized spacial score (nSPS) is 20.8. The van der Waals surface area contributed by atoms with Crippen molar-refractivity contribution in [2.24, 2.45) is 5.92 Å². The molecule has 0 aliphatic carbocycles. The van der Waals surface area contributed by atoms with Crippen molar-refractivity contribution < 1.29 is 4.74 Å². The summed E-state index contributed by atoms with van der Waals surface area (Å²) in [6.45, 7) is 4.85. The van der Waals surface area contributed by atoms with Gasteiger partial charge in [-0.3, -0.25) is 4.98 Å². The van der Waals surface area contributed by atoms with Crippen molar-refractivity contribution in [3.8, 4) is 0 Å². The first-order chi connectivity index (χ1) is 9.33. The molecule has 2 atom stereocenters. The number of para-hydroxylation sites is 1. The van der Waals surface area contributed by atoms with Crippen LogP contribution in [0, 0.1) is 5.92 Å². The molecule has 1 aromatic carbocycles. The minimum atomic E-state index is 0.482. The number of hydrogen-bond acceptors (Lipinski definition) is 3. The maximum Gasteiger partial charge on any atom is 0.0705 e. The number of nitrogens with zero attached hydrogens (tertiary/aromatic N) is 1. The Morgan fingerprint density at radius 3 is 3.05 bits per heavy atom. The Bertz CT molecular complexity index is 549. The molecule has 1 aliphatic rings. The molecule has 19 heavy (non-hydrogen) atoms. The Labute approximate surface area is 114 Å². The Balaban J connectivity index is 1.64. The smallest absolute Gasteiger partial charge is 0.0705 e. The zero-order valence-electron chi connectivity index (χ0n) is 11.3. The van der Waals surface area contributed by atoms with Crippen LogP contribution >= 0.6 is 0 Å². The van der Waals surface area contributed by atoms with Crippen molar-refractivity contribution in [3.63, 3.8) is 0 Å². The van der Waals surface area contributed by atoms with Gasteiger partial charge >= 0.3 is 0 Å². The van der Waals surface area contributed by atoms with Crippen molar-refractivity contribution in [2.45, 2.75) is 25.9 Å². The topological polar surface area (TPSA) is 34.2 Å². The molecule has 1 fully saturated rings. The summed E-state index contributed by atoms with van der Waals surface area (Å²) in [7, 11) is 0. The molecule has 2 unspecified atom stereocenters. The Kier molecular flexibility index (Phi) is 3.76. The van der Waals surface area contributed by atoms with E-state index < -0.39 is 0 Å². The van der Waals surface area contributed by atoms with Crippen molar-refractivity contribution in [1.82, 2.24) is 10.3 Å². The fourth-order valence-corrected chi connectivity index (χ4v) is 2.59. The van der Waals surface area contributed by atoms with E-state index in [-0.39, 0.29) is 0 Å². The van der Waals surface area contributed by atoms with E-state index in [1.807, 2.05) is 12.1 Å². The summed E-state index contributed by atoms with van der Waals surface area (Å²) in [6.07, 6.45) is 1.17. The van der Waals surface area contributed by atoms with Crippen molar-refractivity contribution in [2.75, 3.05) is 13.2 Å². The van der Waals surface area contributed by atoms with Gasteiger partial charge in [0.15, 0.2) is 0 Å². The molecular weight excluding hydrogens is 236 g/mol. The van der Waals surface area contributed by atoms with E-state index in [1.165, 1.54) is 11.8 Å². The quantitative estimate of drug-likeness (QED) is 0.913. The summed E-state index contributed by atoms with van der Waals surface area (Å²) in [5.41, 5.74) is 2.17. The summed E-state index contributed by atoms with van der Waals surface area (Å²) in [5, 5.41) is 4.76. The number of hydrogen-bond donors (Lipinski definition) is 1. The summed E-state index contributed by atoms with van der Waals surface area (Å²) < 4.78 is 5.43. The molecule has 3 heteroatoms. The maximum atomic E-state index is 5.43. The Morgan fingerprint density at radius 2 is 2.21 bits per heavy atom. The number of nitrogens with one attached hydrogen (secondary N) is 1. The molecule has 1 saturated heterocycles. The molecule has 0 radical (unpaired) electrons. The van der Waals surface area contributed by atoms with Crippen LogP contribution in [0.25, 0.3) is 10.9 Å². The average molecular weight is 256 g/mol. The molecule has 1 aliphatic heterocycles. The molecule has 0 bridgehead atoms. The minimum absolute atomic E-state index is 0.482. The molecule has 100 valence electrons. The first-order valence-electron chi connectivity index (χ1n) is 6.99. The molecule has 3 nitrogen and oxygen atoms in total. The zero-order chi connectivity index (χ0) is 13.1. The van der Waals surface area contributed by atoms with Gasteiger partial charge in [-0.25, -0.2) is 0 Å². The third-order valence-electron chi connectivity index (χ3n) is 3.93. The van der Waals surface area contributed by atoms with E-state index in [0.29, 0.717) is 12.0 Å². The summed E-state index contributed by atoms with van der Waals surface area (Å²) >= 11 is 0. The van der Waals surface area contributed by atoms with Gasteiger partial charge in [0.1, 0.15) is 0 Å². The van der Waals surface area contributed by atoms with Crippen LogP contribution in [-0.2, 0) is 11.3 Å². The summed E-state index contributed by atoms with van der Waals surface area (Å²) in [6, 6.07) is 13.0. The van der Waals surface area contributed by atoms with Crippen LogP contribution in [0.5, 0.6) is 0 Å². The largest absolute Gasteiger partial charge is 0.381 e. The predicted octanol–water partition coefficient (Wildman–Crippen LogP) is 2.75. The molecule has 1 aromatic heterocycles. The highest BCUT2D eigenvalue weighted by molar-refractivity contribution is 5.78. The molecule has 0 amide bonds. The number of pyridine rings is 1. The standard InChI is InChI=1S/C16H20N2O/c1-12(14-8-9-19-11-14)17-10-15-7-6-13-4-2-3-5-16(13)18-15/h2-7,12,14,17H,8-11H2,1H3. The number of fused-ring (bicyclic) bond motifs is 1. The highest BCUT2D eigenvalue weighted by atomic mass is 16.5. The van der Waals surface area contributed by atoms with Crippen LogP contribution in [0.4, 0.5) is 0 Å². The van der Waals surface area contributed by atoms with Crippen LogP contribution < -0.4 is 5.32 Å². The van der Waals surface area contributed by atoms with Crippen molar-refractivity contribution in [1.29, 1.82) is 0 Å². The van der Waals surface area contributed by atoms with E-state index in [1.54, 1.807) is 0 Å². The summed E-state index contributed by atoms with van der Waals surface area (Å²) in [5.74, 6) is 0.639. The van der Waals surface area contributed by atoms with E-state index >= 15 is 0 Å². The van der Waals surface area contributed by atoms with E-state index in [2.05, 4.69) is 41.5 Å².